The third-order valence-corrected chi connectivity index (χ3v) is 21.1. The molecule has 5 aliphatic heterocycles. The van der Waals surface area contributed by atoms with Crippen molar-refractivity contribution in [1.82, 2.24) is 0 Å². The average Bonchev–Trinajstić information content (AvgIpc) is 2.03. The highest BCUT2D eigenvalue weighted by molar-refractivity contribution is 7.81. The molecule has 5 saturated heterocycles. The van der Waals surface area contributed by atoms with Gasteiger partial charge in [-0.05, 0) is 120 Å². The first-order valence-electron chi connectivity index (χ1n) is 30.0. The van der Waals surface area contributed by atoms with E-state index >= 15 is 0 Å². The number of ether oxygens (including phenoxy) is 10. The number of aliphatic hydroxyl groups is 12. The second-order valence-corrected chi connectivity index (χ2v) is 27.9. The number of carbonyl (C=O) groups is 1. The molecule has 4 aliphatic carbocycles. The van der Waals surface area contributed by atoms with Gasteiger partial charge in [0.1, 0.15) is 97.3 Å². The second-order valence-electron chi connectivity index (χ2n) is 26.7. The Morgan fingerprint density at radius 3 is 1.73 bits per heavy atom. The van der Waals surface area contributed by atoms with Crippen molar-refractivity contribution < 1.29 is 130 Å². The summed E-state index contributed by atoms with van der Waals surface area (Å²) in [6.07, 6.45) is -35.0. The van der Waals surface area contributed by atoms with Crippen molar-refractivity contribution in [3.8, 4) is 0 Å². The molecule has 8 fully saturated rings. The van der Waals surface area contributed by atoms with Crippen molar-refractivity contribution in [3.05, 3.63) is 11.6 Å². The van der Waals surface area contributed by atoms with E-state index in [0.29, 0.717) is 38.5 Å². The molecule has 490 valence electrons. The Morgan fingerprint density at radius 1 is 0.635 bits per heavy atom. The van der Waals surface area contributed by atoms with Crippen molar-refractivity contribution in [2.75, 3.05) is 6.61 Å². The van der Waals surface area contributed by atoms with E-state index < -0.39 is 199 Å². The lowest BCUT2D eigenvalue weighted by Crippen LogP contribution is -2.66. The predicted molar refractivity (Wildman–Crippen MR) is 287 cm³/mol. The van der Waals surface area contributed by atoms with Crippen LogP contribution >= 0.6 is 0 Å². The van der Waals surface area contributed by atoms with Crippen molar-refractivity contribution in [2.45, 2.75) is 285 Å². The fraction of sp³-hybridized carbons (Fsp3) is 0.946. The van der Waals surface area contributed by atoms with Crippen LogP contribution in [0.4, 0.5) is 0 Å². The van der Waals surface area contributed by atoms with Crippen LogP contribution in [0, 0.1) is 40.4 Å². The summed E-state index contributed by atoms with van der Waals surface area (Å²) in [5.74, 6) is 4.39. The predicted octanol–water partition coefficient (Wildman–Crippen LogP) is -2.32. The zero-order valence-electron chi connectivity index (χ0n) is 49.5. The molecule has 0 amide bonds. The van der Waals surface area contributed by atoms with Gasteiger partial charge in [-0.2, -0.15) is 18.6 Å². The summed E-state index contributed by atoms with van der Waals surface area (Å²) in [6.45, 7) is 15.0. The monoisotopic (exact) mass is 1240 g/mol. The Morgan fingerprint density at radius 2 is 1.15 bits per heavy atom. The van der Waals surface area contributed by atoms with Gasteiger partial charge in [0.2, 0.25) is 0 Å². The lowest BCUT2D eigenvalue weighted by molar-refractivity contribution is -0.397. The summed E-state index contributed by atoms with van der Waals surface area (Å²) in [5.41, 5.74) is -1.20. The number of carbonyl (C=O) groups excluding carboxylic acids is 1. The molecule has 0 aromatic heterocycles. The van der Waals surface area contributed by atoms with E-state index in [1.165, 1.54) is 33.3 Å². The van der Waals surface area contributed by atoms with Gasteiger partial charge in [0.05, 0.1) is 48.8 Å². The highest BCUT2D eigenvalue weighted by Gasteiger charge is 2.64. The van der Waals surface area contributed by atoms with Crippen LogP contribution in [0.2, 0.25) is 0 Å². The van der Waals surface area contributed by atoms with Gasteiger partial charge < -0.3 is 109 Å². The molecule has 27 unspecified atom stereocenters. The normalized spacial score (nSPS) is 51.3. The number of hydrogen-bond donors (Lipinski definition) is 13. The van der Waals surface area contributed by atoms with Crippen LogP contribution in [0.15, 0.2) is 11.6 Å². The molecule has 5 heterocycles. The number of rotatable bonds is 18. The molecule has 29 heteroatoms. The number of hydrogen-bond acceptors (Lipinski definition) is 28. The van der Waals surface area contributed by atoms with Crippen LogP contribution in [0.1, 0.15) is 120 Å². The second kappa shape index (κ2) is 26.2. The summed E-state index contributed by atoms with van der Waals surface area (Å²) in [4.78, 5) is 13.2. The van der Waals surface area contributed by atoms with Gasteiger partial charge in [-0.3, -0.25) is 4.79 Å². The van der Waals surface area contributed by atoms with Gasteiger partial charge in [0.25, 0.3) is 0 Å². The molecule has 9 rings (SSSR count). The van der Waals surface area contributed by atoms with Crippen molar-refractivity contribution >= 4 is 16.2 Å². The Bertz CT molecular complexity index is 2430. The maximum absolute atomic E-state index is 13.2. The Kier molecular flexibility index (Phi) is 20.8. The molecule has 85 heavy (non-hydrogen) atoms. The first kappa shape index (κ1) is 67.7. The number of aliphatic hydroxyl groups excluding tert-OH is 11. The molecule has 0 radical (unpaired) electrons. The van der Waals surface area contributed by atoms with Crippen LogP contribution in [-0.2, 0) is 71.0 Å². The maximum atomic E-state index is 13.2. The van der Waals surface area contributed by atoms with Crippen molar-refractivity contribution in [3.63, 3.8) is 0 Å². The van der Waals surface area contributed by atoms with E-state index in [0.717, 1.165) is 6.42 Å². The van der Waals surface area contributed by atoms with E-state index in [1.807, 2.05) is 13.8 Å². The lowest BCUT2D eigenvalue weighted by Gasteiger charge is -2.60. The van der Waals surface area contributed by atoms with E-state index in [-0.39, 0.29) is 42.3 Å². The molecule has 0 spiro atoms. The largest absolute Gasteiger partial charge is 0.416 e. The average molecular weight is 1240 g/mol. The molecule has 0 aromatic carbocycles. The fourth-order valence-electron chi connectivity index (χ4n) is 15.7. The fourth-order valence-corrected chi connectivity index (χ4v) is 16.3. The topological polar surface area (TPSA) is 431 Å². The van der Waals surface area contributed by atoms with Gasteiger partial charge in [0.15, 0.2) is 31.5 Å². The SMILES string of the molecule is CC(C)CC(=O)CC(C)(O)[C@H]1CCC2C3C[C@H](OC4OC(C)C(O)C(OC5OCC(OC6OC(C)C(O)C(O)C6OC6OC(C)C(O)C(O)C6O)C(O)C5OC5OC(C)C(O)C(O)C5O)C4O)[C@H]4C[C@@H](OS(=O)(=O)ON)CC[C@]4(C)C3=CC[C@@]21C. The van der Waals surface area contributed by atoms with Gasteiger partial charge in [-0.1, -0.05) is 39.3 Å². The number of nitrogens with two attached hydrogens (primary N) is 1. The van der Waals surface area contributed by atoms with Gasteiger partial charge in [-0.15, -0.1) is 0 Å². The smallest absolute Gasteiger partial charge is 0.389 e. The first-order valence-corrected chi connectivity index (χ1v) is 31.3. The Labute approximate surface area is 494 Å². The molecule has 3 saturated carbocycles. The summed E-state index contributed by atoms with van der Waals surface area (Å²) in [7, 11) is -4.59. The minimum absolute atomic E-state index is 0.00768. The zero-order chi connectivity index (χ0) is 62.3. The van der Waals surface area contributed by atoms with Crippen LogP contribution in [0.25, 0.3) is 0 Å². The molecular weight excluding hydrogens is 1150 g/mol. The quantitative estimate of drug-likeness (QED) is 0.0506. The van der Waals surface area contributed by atoms with E-state index in [9.17, 15) is 74.5 Å². The maximum Gasteiger partial charge on any atom is 0.416 e. The summed E-state index contributed by atoms with van der Waals surface area (Å²) < 4.78 is 96.3. The Hall–Kier alpha value is -1.64. The Balaban J connectivity index is 0.982. The minimum Gasteiger partial charge on any atom is -0.389 e. The molecule has 0 aromatic rings. The van der Waals surface area contributed by atoms with E-state index in [4.69, 9.17) is 57.4 Å². The molecule has 0 bridgehead atoms. The van der Waals surface area contributed by atoms with Gasteiger partial charge in [-0.25, -0.2) is 4.18 Å². The third-order valence-electron chi connectivity index (χ3n) is 20.4. The molecule has 9 aliphatic rings. The number of fused-ring (bicyclic) bond motifs is 5. The molecule has 28 nitrogen and oxygen atoms in total. The molecule has 33 atom stereocenters. The van der Waals surface area contributed by atoms with Crippen LogP contribution in [0.5, 0.6) is 0 Å². The number of Topliss-reactive ketones (excluding diaryl/α,β-unsaturated/α-hetero) is 1. The number of allylic oxidation sites excluding steroid dienone is 2. The van der Waals surface area contributed by atoms with Gasteiger partial charge >= 0.3 is 10.4 Å². The first-order chi connectivity index (χ1) is 39.7. The molecular formula is C56H93NO27S. The number of ketones is 1. The highest BCUT2D eigenvalue weighted by atomic mass is 32.3. The van der Waals surface area contributed by atoms with Crippen LogP contribution in [0.3, 0.4) is 0 Å². The van der Waals surface area contributed by atoms with E-state index in [2.05, 4.69) is 24.2 Å². The standard InChI is InChI=1S/C56H93NO27S/c1-21(2)16-26(58)19-56(9,70)34-11-10-29-28-18-32(31-17-27(83-85(71,72)84-57)12-14-54(31,7)30(28)13-15-55(29,34)8)78-51-45(69)46(38(62)25(6)76-51)80-52-47(81-49-43(67)40(64)35(59)22(3)74-49)39(63)33(20-73-52)79-53-48(42(66)37(61)24(5)77-53)82-50-44(68)41(65)36(60)23(4)75-50/h13,21-25,27-29,31-53,59-70H,10-12,14-20,57H2,1-9H3/t22?,23?,24?,25?,27-,28?,29?,31+,32-,33?,34-,35?,36?,37?,38?,39?,40?,41?,42?,43?,44?,45?,46?,47?,48?,49?,50?,51?,52?,53?,54+,55-,56?/m0/s1. The van der Waals surface area contributed by atoms with Crippen LogP contribution in [-0.4, -0.2) is 247 Å². The molecule has 14 N–H and O–H groups in total. The van der Waals surface area contributed by atoms with Crippen molar-refractivity contribution in [2.24, 2.45) is 46.3 Å². The van der Waals surface area contributed by atoms with Crippen molar-refractivity contribution in [1.29, 1.82) is 0 Å². The highest BCUT2D eigenvalue weighted by Crippen LogP contribution is 2.67. The lowest BCUT2D eigenvalue weighted by atomic mass is 9.47. The zero-order valence-corrected chi connectivity index (χ0v) is 50.3. The van der Waals surface area contributed by atoms with Crippen LogP contribution < -0.4 is 5.90 Å². The summed E-state index contributed by atoms with van der Waals surface area (Å²) in [6, 6.07) is 0. The third kappa shape index (κ3) is 13.4. The summed E-state index contributed by atoms with van der Waals surface area (Å²) in [5, 5.41) is 135. The minimum atomic E-state index is -4.59. The van der Waals surface area contributed by atoms with E-state index in [1.54, 1.807) is 6.92 Å². The van der Waals surface area contributed by atoms with Gasteiger partial charge in [0, 0.05) is 12.8 Å². The summed E-state index contributed by atoms with van der Waals surface area (Å²) >= 11 is 0.